The molecule has 0 bridgehead atoms. The quantitative estimate of drug-likeness (QED) is 0.633. The van der Waals surface area contributed by atoms with Crippen LogP contribution in [0.25, 0.3) is 0 Å². The van der Waals surface area contributed by atoms with E-state index in [1.54, 1.807) is 13.0 Å². The highest BCUT2D eigenvalue weighted by Crippen LogP contribution is 2.29. The molecule has 17 heavy (non-hydrogen) atoms. The molecule has 0 radical (unpaired) electrons. The highest BCUT2D eigenvalue weighted by Gasteiger charge is 2.30. The van der Waals surface area contributed by atoms with Crippen molar-refractivity contribution in [2.24, 2.45) is 0 Å². The molecule has 1 nitrogen and oxygen atoms in total. The summed E-state index contributed by atoms with van der Waals surface area (Å²) < 4.78 is 37.4. The zero-order valence-electron chi connectivity index (χ0n) is 9.73. The zero-order chi connectivity index (χ0) is 12.9. The molecule has 0 heterocycles. The molecule has 0 saturated heterocycles. The molecule has 1 aromatic carbocycles. The van der Waals surface area contributed by atoms with Crippen LogP contribution in [0.2, 0.25) is 0 Å². The number of benzene rings is 1. The Kier molecular flexibility index (Phi) is 4.45. The Hall–Kier alpha value is -1.63. The lowest BCUT2D eigenvalue weighted by atomic mass is 10.0. The third kappa shape index (κ3) is 4.39. The second kappa shape index (κ2) is 5.62. The summed E-state index contributed by atoms with van der Waals surface area (Å²) >= 11 is 0. The maximum atomic E-state index is 12.5. The molecule has 4 heteroatoms. The van der Waals surface area contributed by atoms with Crippen LogP contribution in [0.5, 0.6) is 0 Å². The summed E-state index contributed by atoms with van der Waals surface area (Å²) in [4.78, 5) is 0. The van der Waals surface area contributed by atoms with E-state index < -0.39 is 11.7 Å². The molecule has 0 aliphatic rings. The second-order valence-corrected chi connectivity index (χ2v) is 3.82. The van der Waals surface area contributed by atoms with Crippen LogP contribution in [0.1, 0.15) is 25.0 Å². The lowest BCUT2D eigenvalue weighted by molar-refractivity contribution is -0.137. The molecule has 0 saturated carbocycles. The van der Waals surface area contributed by atoms with Gasteiger partial charge in [-0.2, -0.15) is 13.2 Å². The van der Waals surface area contributed by atoms with Crippen LogP contribution in [0, 0.1) is 12.0 Å². The van der Waals surface area contributed by atoms with E-state index in [0.717, 1.165) is 6.07 Å². The maximum Gasteiger partial charge on any atom is 0.416 e. The number of alkyl halides is 3. The van der Waals surface area contributed by atoms with Crippen molar-refractivity contribution in [1.29, 1.82) is 0 Å². The molecule has 92 valence electrons. The van der Waals surface area contributed by atoms with Crippen molar-refractivity contribution in [3.8, 4) is 12.0 Å². The van der Waals surface area contributed by atoms with Crippen LogP contribution in [-0.4, -0.2) is 6.04 Å². The fourth-order valence-corrected chi connectivity index (χ4v) is 1.47. The van der Waals surface area contributed by atoms with Crippen molar-refractivity contribution < 1.29 is 13.2 Å². The topological polar surface area (TPSA) is 12.0 Å². The van der Waals surface area contributed by atoms with Gasteiger partial charge < -0.3 is 5.32 Å². The third-order valence-electron chi connectivity index (χ3n) is 2.24. The molecule has 0 amide bonds. The minimum atomic E-state index is -4.28. The number of halogens is 3. The highest BCUT2D eigenvalue weighted by molar-refractivity contribution is 5.26. The van der Waals surface area contributed by atoms with Gasteiger partial charge in [0.05, 0.1) is 5.56 Å². The smallest absolute Gasteiger partial charge is 0.343 e. The average Bonchev–Trinajstić information content (AvgIpc) is 2.25. The Morgan fingerprint density at radius 1 is 1.35 bits per heavy atom. The predicted molar refractivity (Wildman–Crippen MR) is 61.2 cm³/mol. The lowest BCUT2D eigenvalue weighted by Crippen LogP contribution is -2.23. The first-order chi connectivity index (χ1) is 7.93. The lowest BCUT2D eigenvalue weighted by Gasteiger charge is -2.12. The van der Waals surface area contributed by atoms with Crippen molar-refractivity contribution >= 4 is 0 Å². The molecule has 0 aromatic heterocycles. The van der Waals surface area contributed by atoms with E-state index in [4.69, 9.17) is 0 Å². The summed E-state index contributed by atoms with van der Waals surface area (Å²) in [6.07, 6.45) is -3.77. The molecular weight excluding hydrogens is 227 g/mol. The molecule has 1 atom stereocenters. The van der Waals surface area contributed by atoms with E-state index in [-0.39, 0.29) is 6.04 Å². The largest absolute Gasteiger partial charge is 0.416 e. The van der Waals surface area contributed by atoms with E-state index in [9.17, 15) is 13.2 Å². The number of rotatable bonds is 3. The summed E-state index contributed by atoms with van der Waals surface area (Å²) in [5.41, 5.74) is 0.0431. The van der Waals surface area contributed by atoms with Gasteiger partial charge in [-0.3, -0.25) is 0 Å². The summed E-state index contributed by atoms with van der Waals surface area (Å²) in [5, 5.41) is 2.90. The van der Waals surface area contributed by atoms with E-state index in [2.05, 4.69) is 17.3 Å². The number of nitrogens with one attached hydrogen (secondary N) is 1. The zero-order valence-corrected chi connectivity index (χ0v) is 9.73. The Bertz CT molecular complexity index is 426. The van der Waals surface area contributed by atoms with Gasteiger partial charge in [0.2, 0.25) is 0 Å². The van der Waals surface area contributed by atoms with Gasteiger partial charge in [-0.05, 0) is 31.9 Å². The first-order valence-electron chi connectivity index (χ1n) is 5.27. The normalized spacial score (nSPS) is 12.5. The highest BCUT2D eigenvalue weighted by atomic mass is 19.4. The van der Waals surface area contributed by atoms with Crippen molar-refractivity contribution in [3.63, 3.8) is 0 Å². The van der Waals surface area contributed by atoms with Gasteiger partial charge in [0.25, 0.3) is 0 Å². The fourth-order valence-electron chi connectivity index (χ4n) is 1.47. The van der Waals surface area contributed by atoms with Crippen LogP contribution in [-0.2, 0) is 12.6 Å². The van der Waals surface area contributed by atoms with E-state index >= 15 is 0 Å². The number of hydrogen-bond donors (Lipinski definition) is 1. The molecule has 0 fully saturated rings. The molecule has 0 spiro atoms. The fraction of sp³-hybridized carbons (Fsp3) is 0.385. The van der Waals surface area contributed by atoms with Gasteiger partial charge in [-0.15, -0.1) is 0 Å². The van der Waals surface area contributed by atoms with Gasteiger partial charge >= 0.3 is 6.18 Å². The monoisotopic (exact) mass is 241 g/mol. The Morgan fingerprint density at radius 2 is 2.06 bits per heavy atom. The molecule has 0 aliphatic heterocycles. The minimum absolute atomic E-state index is 0.0194. The first-order valence-corrected chi connectivity index (χ1v) is 5.27. The number of hydrogen-bond acceptors (Lipinski definition) is 1. The molecule has 1 N–H and O–H groups in total. The van der Waals surface area contributed by atoms with Crippen molar-refractivity contribution in [1.82, 2.24) is 5.32 Å². The maximum absolute atomic E-state index is 12.5. The first kappa shape index (κ1) is 13.4. The van der Waals surface area contributed by atoms with Crippen molar-refractivity contribution in [2.75, 3.05) is 0 Å². The van der Waals surface area contributed by atoms with Crippen LogP contribution in [0.15, 0.2) is 24.3 Å². The van der Waals surface area contributed by atoms with Crippen molar-refractivity contribution in [3.05, 3.63) is 35.4 Å². The van der Waals surface area contributed by atoms with Gasteiger partial charge in [0.1, 0.15) is 0 Å². The van der Waals surface area contributed by atoms with Crippen molar-refractivity contribution in [2.45, 2.75) is 32.5 Å². The van der Waals surface area contributed by atoms with Gasteiger partial charge in [-0.1, -0.05) is 24.1 Å². The summed E-state index contributed by atoms with van der Waals surface area (Å²) in [6.45, 7) is 3.58. The molecular formula is C13H14F3N. The predicted octanol–water partition coefficient (Wildman–Crippen LogP) is 3.21. The summed E-state index contributed by atoms with van der Waals surface area (Å²) in [7, 11) is 0. The van der Waals surface area contributed by atoms with E-state index in [1.807, 2.05) is 6.92 Å². The summed E-state index contributed by atoms with van der Waals surface area (Å²) in [6, 6.07) is 8.08. The molecule has 1 rings (SSSR count). The minimum Gasteiger partial charge on any atom is -0.343 e. The van der Waals surface area contributed by atoms with Gasteiger partial charge in [-0.25, -0.2) is 0 Å². The van der Waals surface area contributed by atoms with Gasteiger partial charge in [0, 0.05) is 12.1 Å². The Morgan fingerprint density at radius 3 is 2.65 bits per heavy atom. The Labute approximate surface area is 99.0 Å². The van der Waals surface area contributed by atoms with Crippen LogP contribution in [0.3, 0.4) is 0 Å². The van der Waals surface area contributed by atoms with Gasteiger partial charge in [0.15, 0.2) is 0 Å². The SMILES string of the molecule is CC#CN[C@@H](C)Cc1cccc(C(F)(F)F)c1. The second-order valence-electron chi connectivity index (χ2n) is 3.82. The van der Waals surface area contributed by atoms with Crippen LogP contribution < -0.4 is 5.32 Å². The average molecular weight is 241 g/mol. The van der Waals surface area contributed by atoms with Crippen LogP contribution in [0.4, 0.5) is 13.2 Å². The van der Waals surface area contributed by atoms with E-state index in [1.165, 1.54) is 12.1 Å². The standard InChI is InChI=1S/C13H14F3N/c1-3-7-17-10(2)8-11-5-4-6-12(9-11)13(14,15)16/h4-6,9-10,17H,8H2,1-2H3/t10-/m0/s1. The Balaban J connectivity index is 2.74. The van der Waals surface area contributed by atoms with E-state index in [0.29, 0.717) is 12.0 Å². The molecule has 0 unspecified atom stereocenters. The molecule has 0 aliphatic carbocycles. The third-order valence-corrected chi connectivity index (χ3v) is 2.24. The summed E-state index contributed by atoms with van der Waals surface area (Å²) in [5.74, 6) is 2.68. The van der Waals surface area contributed by atoms with Crippen LogP contribution >= 0.6 is 0 Å². The molecule has 1 aromatic rings.